The zero-order valence-corrected chi connectivity index (χ0v) is 13.3. The Morgan fingerprint density at radius 1 is 1.08 bits per heavy atom. The third kappa shape index (κ3) is 3.03. The number of aromatic amines is 1. The Morgan fingerprint density at radius 3 is 2.42 bits per heavy atom. The summed E-state index contributed by atoms with van der Waals surface area (Å²) in [7, 11) is 0. The topological polar surface area (TPSA) is 67.9 Å². The van der Waals surface area contributed by atoms with Crippen molar-refractivity contribution in [3.05, 3.63) is 59.5 Å². The molecule has 0 aliphatic heterocycles. The molecule has 2 aromatic carbocycles. The Kier molecular flexibility index (Phi) is 4.37. The maximum Gasteiger partial charge on any atom is 0.361 e. The molecule has 0 unspecified atom stereocenters. The highest BCUT2D eigenvalue weighted by Crippen LogP contribution is 2.26. The van der Waals surface area contributed by atoms with Crippen molar-refractivity contribution < 1.29 is 13.9 Å². The number of ether oxygens (including phenoxy) is 1. The van der Waals surface area contributed by atoms with Crippen LogP contribution in [-0.4, -0.2) is 28.0 Å². The molecule has 6 heteroatoms. The van der Waals surface area contributed by atoms with Crippen LogP contribution in [0.5, 0.6) is 0 Å². The molecule has 0 fully saturated rings. The molecule has 24 heavy (non-hydrogen) atoms. The average molecular weight is 325 g/mol. The zero-order valence-electron chi connectivity index (χ0n) is 13.3. The molecule has 0 saturated carbocycles. The van der Waals surface area contributed by atoms with Gasteiger partial charge in [-0.25, -0.2) is 9.18 Å². The van der Waals surface area contributed by atoms with Crippen molar-refractivity contribution in [3.8, 4) is 22.4 Å². The fraction of sp³-hybridized carbons (Fsp3) is 0.167. The smallest absolute Gasteiger partial charge is 0.361 e. The largest absolute Gasteiger partial charge is 0.461 e. The number of nitrogens with zero attached hydrogens (tertiary/aromatic N) is 2. The van der Waals surface area contributed by atoms with Crippen molar-refractivity contribution in [2.75, 3.05) is 6.61 Å². The van der Waals surface area contributed by atoms with Crippen LogP contribution in [0.15, 0.2) is 42.5 Å². The van der Waals surface area contributed by atoms with Crippen molar-refractivity contribution in [1.29, 1.82) is 0 Å². The molecule has 122 valence electrons. The number of halogens is 1. The van der Waals surface area contributed by atoms with E-state index in [-0.39, 0.29) is 18.1 Å². The molecule has 1 N–H and O–H groups in total. The molecule has 1 heterocycles. The summed E-state index contributed by atoms with van der Waals surface area (Å²) in [5, 5.41) is 10.3. The first-order valence-electron chi connectivity index (χ1n) is 7.55. The number of aromatic nitrogens is 3. The highest BCUT2D eigenvalue weighted by molar-refractivity contribution is 5.94. The highest BCUT2D eigenvalue weighted by Gasteiger charge is 2.18. The Morgan fingerprint density at radius 2 is 1.75 bits per heavy atom. The van der Waals surface area contributed by atoms with Gasteiger partial charge in [-0.05, 0) is 42.7 Å². The van der Waals surface area contributed by atoms with Gasteiger partial charge in [0.15, 0.2) is 5.69 Å². The summed E-state index contributed by atoms with van der Waals surface area (Å²) < 4.78 is 18.4. The SMILES string of the molecule is CCOC(=O)c1n[nH]nc1-c1ccc(-c2ccc(F)c(C)c2)cc1. The van der Waals surface area contributed by atoms with Crippen molar-refractivity contribution in [2.45, 2.75) is 13.8 Å². The lowest BCUT2D eigenvalue weighted by molar-refractivity contribution is 0.0520. The van der Waals surface area contributed by atoms with Gasteiger partial charge in [0.2, 0.25) is 0 Å². The van der Waals surface area contributed by atoms with Crippen LogP contribution in [0.25, 0.3) is 22.4 Å². The molecule has 0 amide bonds. The van der Waals surface area contributed by atoms with Gasteiger partial charge < -0.3 is 4.74 Å². The van der Waals surface area contributed by atoms with Gasteiger partial charge in [0, 0.05) is 5.56 Å². The van der Waals surface area contributed by atoms with Crippen molar-refractivity contribution in [3.63, 3.8) is 0 Å². The minimum absolute atomic E-state index is 0.155. The Bertz CT molecular complexity index is 872. The minimum atomic E-state index is -0.514. The molecule has 0 saturated heterocycles. The first-order valence-corrected chi connectivity index (χ1v) is 7.55. The summed E-state index contributed by atoms with van der Waals surface area (Å²) in [6.45, 7) is 3.74. The van der Waals surface area contributed by atoms with E-state index in [1.807, 2.05) is 24.3 Å². The van der Waals surface area contributed by atoms with Crippen molar-refractivity contribution >= 4 is 5.97 Å². The third-order valence-corrected chi connectivity index (χ3v) is 3.67. The molecule has 3 aromatic rings. The predicted molar refractivity (Wildman–Crippen MR) is 87.9 cm³/mol. The van der Waals surface area contributed by atoms with E-state index in [1.54, 1.807) is 26.0 Å². The van der Waals surface area contributed by atoms with Crippen LogP contribution < -0.4 is 0 Å². The maximum atomic E-state index is 13.4. The molecular formula is C18H16FN3O2. The summed E-state index contributed by atoms with van der Waals surface area (Å²) in [5.74, 6) is -0.739. The molecule has 3 rings (SSSR count). The van der Waals surface area contributed by atoms with E-state index in [0.717, 1.165) is 16.7 Å². The van der Waals surface area contributed by atoms with Gasteiger partial charge in [0.1, 0.15) is 11.5 Å². The van der Waals surface area contributed by atoms with Gasteiger partial charge in [-0.2, -0.15) is 10.3 Å². The molecule has 1 aromatic heterocycles. The van der Waals surface area contributed by atoms with E-state index in [4.69, 9.17) is 4.74 Å². The van der Waals surface area contributed by atoms with E-state index in [9.17, 15) is 9.18 Å². The normalized spacial score (nSPS) is 10.6. The average Bonchev–Trinajstić information content (AvgIpc) is 3.07. The number of hydrogen-bond acceptors (Lipinski definition) is 4. The summed E-state index contributed by atoms with van der Waals surface area (Å²) in [5.41, 5.74) is 3.80. The molecular weight excluding hydrogens is 309 g/mol. The fourth-order valence-electron chi connectivity index (χ4n) is 2.42. The minimum Gasteiger partial charge on any atom is -0.461 e. The van der Waals surface area contributed by atoms with E-state index < -0.39 is 5.97 Å². The summed E-state index contributed by atoms with van der Waals surface area (Å²) in [6.07, 6.45) is 0. The van der Waals surface area contributed by atoms with Crippen molar-refractivity contribution in [2.24, 2.45) is 0 Å². The van der Waals surface area contributed by atoms with E-state index in [0.29, 0.717) is 11.3 Å². The summed E-state index contributed by atoms with van der Waals surface area (Å²) in [4.78, 5) is 11.9. The zero-order chi connectivity index (χ0) is 17.1. The van der Waals surface area contributed by atoms with Crippen molar-refractivity contribution in [1.82, 2.24) is 15.4 Å². The van der Waals surface area contributed by atoms with E-state index >= 15 is 0 Å². The molecule has 0 spiro atoms. The number of aryl methyl sites for hydroxylation is 1. The van der Waals surface area contributed by atoms with Crippen LogP contribution >= 0.6 is 0 Å². The van der Waals surface area contributed by atoms with Gasteiger partial charge in [-0.3, -0.25) is 0 Å². The van der Waals surface area contributed by atoms with E-state index in [2.05, 4.69) is 15.4 Å². The molecule has 5 nitrogen and oxygen atoms in total. The molecule has 0 aliphatic rings. The Labute approximate surface area is 138 Å². The number of carbonyl (C=O) groups excluding carboxylic acids is 1. The standard InChI is InChI=1S/C18H16FN3O2/c1-3-24-18(23)17-16(20-22-21-17)13-6-4-12(5-7-13)14-8-9-15(19)11(2)10-14/h4-10H,3H2,1-2H3,(H,20,21,22). The van der Waals surface area contributed by atoms with Gasteiger partial charge in [-0.1, -0.05) is 30.3 Å². The fourth-order valence-corrected chi connectivity index (χ4v) is 2.42. The number of hydrogen-bond donors (Lipinski definition) is 1. The quantitative estimate of drug-likeness (QED) is 0.742. The van der Waals surface area contributed by atoms with Gasteiger partial charge in [0.05, 0.1) is 6.61 Å². The second-order valence-electron chi connectivity index (χ2n) is 5.28. The van der Waals surface area contributed by atoms with Crippen LogP contribution in [0, 0.1) is 12.7 Å². The first kappa shape index (κ1) is 15.9. The van der Waals surface area contributed by atoms with Crippen LogP contribution in [-0.2, 0) is 4.74 Å². The van der Waals surface area contributed by atoms with Gasteiger partial charge in [-0.15, -0.1) is 5.10 Å². The molecule has 0 bridgehead atoms. The number of nitrogens with one attached hydrogen (secondary N) is 1. The van der Waals surface area contributed by atoms with E-state index in [1.165, 1.54) is 6.07 Å². The number of benzene rings is 2. The lowest BCUT2D eigenvalue weighted by Gasteiger charge is -2.06. The first-order chi connectivity index (χ1) is 11.6. The second kappa shape index (κ2) is 6.62. The molecule has 0 radical (unpaired) electrons. The Balaban J connectivity index is 1.91. The number of esters is 1. The lowest BCUT2D eigenvalue weighted by Crippen LogP contribution is -2.06. The van der Waals surface area contributed by atoms with Gasteiger partial charge in [0.25, 0.3) is 0 Å². The predicted octanol–water partition coefficient (Wildman–Crippen LogP) is 3.76. The summed E-state index contributed by atoms with van der Waals surface area (Å²) >= 11 is 0. The third-order valence-electron chi connectivity index (χ3n) is 3.67. The maximum absolute atomic E-state index is 13.4. The van der Waals surface area contributed by atoms with Crippen LogP contribution in [0.4, 0.5) is 4.39 Å². The second-order valence-corrected chi connectivity index (χ2v) is 5.28. The number of carbonyl (C=O) groups is 1. The Hall–Kier alpha value is -3.02. The van der Waals surface area contributed by atoms with Gasteiger partial charge >= 0.3 is 5.97 Å². The molecule has 0 aliphatic carbocycles. The molecule has 0 atom stereocenters. The number of rotatable bonds is 4. The van der Waals surface area contributed by atoms with Crippen LogP contribution in [0.1, 0.15) is 23.0 Å². The monoisotopic (exact) mass is 325 g/mol. The summed E-state index contributed by atoms with van der Waals surface area (Å²) in [6, 6.07) is 12.5. The lowest BCUT2D eigenvalue weighted by atomic mass is 10.0. The van der Waals surface area contributed by atoms with Crippen LogP contribution in [0.2, 0.25) is 0 Å². The highest BCUT2D eigenvalue weighted by atomic mass is 19.1. The number of H-pyrrole nitrogens is 1. The van der Waals surface area contributed by atoms with Crippen LogP contribution in [0.3, 0.4) is 0 Å².